The van der Waals surface area contributed by atoms with Crippen molar-refractivity contribution < 1.29 is 4.74 Å². The number of hydrogen-bond acceptors (Lipinski definition) is 3. The van der Waals surface area contributed by atoms with E-state index in [1.807, 2.05) is 11.7 Å². The Hall–Kier alpha value is -0.580. The molecule has 1 aliphatic rings. The first-order valence-corrected chi connectivity index (χ1v) is 6.65. The zero-order valence-electron chi connectivity index (χ0n) is 10.4. The molecule has 0 amide bonds. The Bertz CT molecular complexity index is 361. The second-order valence-corrected chi connectivity index (χ2v) is 4.83. The van der Waals surface area contributed by atoms with Gasteiger partial charge in [-0.2, -0.15) is 5.10 Å². The minimum absolute atomic E-state index is 0.138. The van der Waals surface area contributed by atoms with E-state index in [1.54, 1.807) is 6.20 Å². The van der Waals surface area contributed by atoms with Gasteiger partial charge in [0.15, 0.2) is 0 Å². The Labute approximate surface area is 107 Å². The van der Waals surface area contributed by atoms with E-state index in [1.165, 1.54) is 0 Å². The van der Waals surface area contributed by atoms with Gasteiger partial charge in [-0.25, -0.2) is 0 Å². The lowest BCUT2D eigenvalue weighted by Gasteiger charge is -2.23. The molecule has 0 spiro atoms. The maximum atomic E-state index is 6.25. The lowest BCUT2D eigenvalue weighted by molar-refractivity contribution is 0.0779. The van der Waals surface area contributed by atoms with Gasteiger partial charge < -0.3 is 10.1 Å². The van der Waals surface area contributed by atoms with Crippen molar-refractivity contribution in [1.82, 2.24) is 15.1 Å². The highest BCUT2D eigenvalue weighted by molar-refractivity contribution is 6.31. The number of hydrogen-bond donors (Lipinski definition) is 1. The molecule has 0 bridgehead atoms. The maximum Gasteiger partial charge on any atom is 0.0835 e. The van der Waals surface area contributed by atoms with E-state index in [9.17, 15) is 0 Å². The Morgan fingerprint density at radius 2 is 2.53 bits per heavy atom. The highest BCUT2D eigenvalue weighted by Gasteiger charge is 2.30. The summed E-state index contributed by atoms with van der Waals surface area (Å²) in [4.78, 5) is 0. The van der Waals surface area contributed by atoms with E-state index in [4.69, 9.17) is 16.3 Å². The molecule has 96 valence electrons. The molecule has 1 N–H and O–H groups in total. The van der Waals surface area contributed by atoms with Crippen LogP contribution in [0.2, 0.25) is 5.02 Å². The van der Waals surface area contributed by atoms with Crippen LogP contribution in [-0.4, -0.2) is 29.5 Å². The number of aromatic nitrogens is 2. The van der Waals surface area contributed by atoms with Crippen LogP contribution in [0.15, 0.2) is 6.20 Å². The molecule has 1 aromatic heterocycles. The van der Waals surface area contributed by atoms with Crippen LogP contribution in [-0.2, 0) is 11.3 Å². The molecule has 2 rings (SSSR count). The van der Waals surface area contributed by atoms with E-state index in [0.29, 0.717) is 0 Å². The third kappa shape index (κ3) is 2.64. The molecule has 2 heterocycles. The average Bonchev–Trinajstić information content (AvgIpc) is 2.94. The van der Waals surface area contributed by atoms with Crippen molar-refractivity contribution in [3.05, 3.63) is 16.9 Å². The van der Waals surface area contributed by atoms with Crippen LogP contribution >= 0.6 is 11.6 Å². The third-order valence-electron chi connectivity index (χ3n) is 3.21. The number of aryl methyl sites for hydroxylation is 1. The standard InChI is InChI=1S/C12H20ClN3O/c1-3-6-16-12(9(13)8-15-16)11(14-2)10-5-4-7-17-10/h8,10-11,14H,3-7H2,1-2H3. The van der Waals surface area contributed by atoms with Crippen LogP contribution in [0.4, 0.5) is 0 Å². The minimum Gasteiger partial charge on any atom is -0.376 e. The molecular weight excluding hydrogens is 238 g/mol. The van der Waals surface area contributed by atoms with Gasteiger partial charge in [0.1, 0.15) is 0 Å². The Balaban J connectivity index is 2.25. The Kier molecular flexibility index (Phi) is 4.42. The molecule has 1 fully saturated rings. The molecule has 1 saturated heterocycles. The first kappa shape index (κ1) is 12.9. The van der Waals surface area contributed by atoms with Crippen LogP contribution in [0.1, 0.15) is 37.9 Å². The molecule has 0 aliphatic carbocycles. The summed E-state index contributed by atoms with van der Waals surface area (Å²) in [5.41, 5.74) is 1.06. The van der Waals surface area contributed by atoms with Crippen molar-refractivity contribution in [2.75, 3.05) is 13.7 Å². The summed E-state index contributed by atoms with van der Waals surface area (Å²) < 4.78 is 7.75. The van der Waals surface area contributed by atoms with Crippen molar-refractivity contribution in [2.45, 2.75) is 44.9 Å². The average molecular weight is 258 g/mol. The van der Waals surface area contributed by atoms with Crippen molar-refractivity contribution in [3.63, 3.8) is 0 Å². The molecule has 0 aromatic carbocycles. The number of nitrogens with zero attached hydrogens (tertiary/aromatic N) is 2. The lowest BCUT2D eigenvalue weighted by atomic mass is 10.0. The summed E-state index contributed by atoms with van der Waals surface area (Å²) in [6.45, 7) is 3.88. The van der Waals surface area contributed by atoms with Gasteiger partial charge in [0.25, 0.3) is 0 Å². The predicted molar refractivity (Wildman–Crippen MR) is 68.3 cm³/mol. The SMILES string of the molecule is CCCn1ncc(Cl)c1C(NC)C1CCCO1. The summed E-state index contributed by atoms with van der Waals surface area (Å²) in [5.74, 6) is 0. The quantitative estimate of drug-likeness (QED) is 0.880. The van der Waals surface area contributed by atoms with E-state index in [-0.39, 0.29) is 12.1 Å². The summed E-state index contributed by atoms with van der Waals surface area (Å²) >= 11 is 6.25. The van der Waals surface area contributed by atoms with Gasteiger partial charge in [-0.15, -0.1) is 0 Å². The smallest absolute Gasteiger partial charge is 0.0835 e. The summed E-state index contributed by atoms with van der Waals surface area (Å²) in [5, 5.41) is 8.38. The van der Waals surface area contributed by atoms with E-state index >= 15 is 0 Å². The normalized spacial score (nSPS) is 21.9. The fourth-order valence-corrected chi connectivity index (χ4v) is 2.69. The first-order chi connectivity index (χ1) is 8.27. The van der Waals surface area contributed by atoms with Gasteiger partial charge in [-0.3, -0.25) is 4.68 Å². The van der Waals surface area contributed by atoms with Crippen LogP contribution in [0.3, 0.4) is 0 Å². The monoisotopic (exact) mass is 257 g/mol. The molecule has 2 unspecified atom stereocenters. The summed E-state index contributed by atoms with van der Waals surface area (Å²) in [7, 11) is 1.95. The fourth-order valence-electron chi connectivity index (χ4n) is 2.44. The number of ether oxygens (including phenoxy) is 1. The van der Waals surface area contributed by atoms with Gasteiger partial charge in [-0.1, -0.05) is 18.5 Å². The van der Waals surface area contributed by atoms with Gasteiger partial charge in [0.2, 0.25) is 0 Å². The molecule has 1 aromatic rings. The van der Waals surface area contributed by atoms with Crippen molar-refractivity contribution in [1.29, 1.82) is 0 Å². The molecule has 1 aliphatic heterocycles. The Morgan fingerprint density at radius 3 is 3.12 bits per heavy atom. The highest BCUT2D eigenvalue weighted by atomic mass is 35.5. The topological polar surface area (TPSA) is 39.1 Å². The molecule has 17 heavy (non-hydrogen) atoms. The van der Waals surface area contributed by atoms with E-state index in [0.717, 1.165) is 43.1 Å². The van der Waals surface area contributed by atoms with Gasteiger partial charge >= 0.3 is 0 Å². The summed E-state index contributed by atoms with van der Waals surface area (Å²) in [6, 6.07) is 0.138. The second-order valence-electron chi connectivity index (χ2n) is 4.42. The minimum atomic E-state index is 0.138. The van der Waals surface area contributed by atoms with Crippen LogP contribution in [0.25, 0.3) is 0 Å². The van der Waals surface area contributed by atoms with Crippen LogP contribution in [0, 0.1) is 0 Å². The largest absolute Gasteiger partial charge is 0.376 e. The summed E-state index contributed by atoms with van der Waals surface area (Å²) in [6.07, 6.45) is 5.20. The molecule has 4 nitrogen and oxygen atoms in total. The zero-order valence-corrected chi connectivity index (χ0v) is 11.2. The molecule has 0 radical (unpaired) electrons. The third-order valence-corrected chi connectivity index (χ3v) is 3.50. The second kappa shape index (κ2) is 5.85. The molecule has 2 atom stereocenters. The lowest BCUT2D eigenvalue weighted by Crippen LogP contribution is -2.31. The fraction of sp³-hybridized carbons (Fsp3) is 0.750. The van der Waals surface area contributed by atoms with Gasteiger partial charge in [0.05, 0.1) is 29.1 Å². The van der Waals surface area contributed by atoms with Crippen LogP contribution in [0.5, 0.6) is 0 Å². The van der Waals surface area contributed by atoms with Crippen LogP contribution < -0.4 is 5.32 Å². The predicted octanol–water partition coefficient (Wildman–Crippen LogP) is 2.39. The number of halogens is 1. The first-order valence-electron chi connectivity index (χ1n) is 6.28. The van der Waals surface area contributed by atoms with E-state index < -0.39 is 0 Å². The van der Waals surface area contributed by atoms with E-state index in [2.05, 4.69) is 17.3 Å². The van der Waals surface area contributed by atoms with Crippen molar-refractivity contribution in [2.24, 2.45) is 0 Å². The van der Waals surface area contributed by atoms with Crippen molar-refractivity contribution >= 4 is 11.6 Å². The van der Waals surface area contributed by atoms with Gasteiger partial charge in [0, 0.05) is 13.2 Å². The zero-order chi connectivity index (χ0) is 12.3. The molecule has 0 saturated carbocycles. The van der Waals surface area contributed by atoms with Crippen molar-refractivity contribution in [3.8, 4) is 0 Å². The highest BCUT2D eigenvalue weighted by Crippen LogP contribution is 2.31. The molecule has 5 heteroatoms. The Morgan fingerprint density at radius 1 is 1.71 bits per heavy atom. The number of nitrogens with one attached hydrogen (secondary N) is 1. The number of rotatable bonds is 5. The van der Waals surface area contributed by atoms with Gasteiger partial charge in [-0.05, 0) is 26.3 Å². The number of likely N-dealkylation sites (N-methyl/N-ethyl adjacent to an activating group) is 1. The molecular formula is C12H20ClN3O. The maximum absolute atomic E-state index is 6.25.